The van der Waals surface area contributed by atoms with Crippen molar-refractivity contribution in [3.05, 3.63) is 0 Å². The predicted octanol–water partition coefficient (Wildman–Crippen LogP) is 3.36. The molecule has 1 heteroatoms. The van der Waals surface area contributed by atoms with Crippen LogP contribution in [0.15, 0.2) is 0 Å². The Kier molecular flexibility index (Phi) is 5.93. The summed E-state index contributed by atoms with van der Waals surface area (Å²) in [6.45, 7) is 6.65. The van der Waals surface area contributed by atoms with E-state index in [-0.39, 0.29) is 0 Å². The summed E-state index contributed by atoms with van der Waals surface area (Å²) in [5.41, 5.74) is 0. The molecule has 0 aliphatic rings. The van der Waals surface area contributed by atoms with E-state index in [4.69, 9.17) is 5.26 Å². The summed E-state index contributed by atoms with van der Waals surface area (Å²) < 4.78 is 0. The van der Waals surface area contributed by atoms with Crippen LogP contribution in [0.1, 0.15) is 46.5 Å². The van der Waals surface area contributed by atoms with Crippen molar-refractivity contribution in [3.8, 4) is 6.07 Å². The van der Waals surface area contributed by atoms with Gasteiger partial charge in [-0.3, -0.25) is 0 Å². The van der Waals surface area contributed by atoms with Crippen molar-refractivity contribution in [2.24, 2.45) is 11.8 Å². The third kappa shape index (κ3) is 7.39. The highest BCUT2D eigenvalue weighted by Gasteiger charge is 2.01. The maximum absolute atomic E-state index is 8.40. The van der Waals surface area contributed by atoms with Gasteiger partial charge in [0.05, 0.1) is 6.07 Å². The van der Waals surface area contributed by atoms with E-state index >= 15 is 0 Å². The summed E-state index contributed by atoms with van der Waals surface area (Å²) >= 11 is 0. The van der Waals surface area contributed by atoms with E-state index in [1.165, 1.54) is 19.3 Å². The van der Waals surface area contributed by atoms with E-state index < -0.39 is 0 Å². The number of rotatable bonds is 5. The molecule has 0 aromatic rings. The third-order valence-corrected chi connectivity index (χ3v) is 1.92. The monoisotopic (exact) mass is 153 g/mol. The van der Waals surface area contributed by atoms with E-state index in [0.29, 0.717) is 5.92 Å². The highest BCUT2D eigenvalue weighted by atomic mass is 14.2. The van der Waals surface area contributed by atoms with Gasteiger partial charge >= 0.3 is 0 Å². The minimum Gasteiger partial charge on any atom is -0.198 e. The summed E-state index contributed by atoms with van der Waals surface area (Å²) in [6, 6.07) is 2.21. The van der Waals surface area contributed by atoms with Crippen LogP contribution in [-0.2, 0) is 0 Å². The first kappa shape index (κ1) is 10.5. The number of nitrogens with zero attached hydrogens (tertiary/aromatic N) is 1. The molecule has 0 unspecified atom stereocenters. The first-order valence-electron chi connectivity index (χ1n) is 4.53. The molecule has 0 aromatic heterocycles. The van der Waals surface area contributed by atoms with Gasteiger partial charge in [0.2, 0.25) is 0 Å². The fourth-order valence-electron chi connectivity index (χ4n) is 1.13. The number of nitriles is 1. The van der Waals surface area contributed by atoms with Crippen LogP contribution in [0.5, 0.6) is 0 Å². The van der Waals surface area contributed by atoms with Gasteiger partial charge in [0.25, 0.3) is 0 Å². The molecule has 1 atom stereocenters. The van der Waals surface area contributed by atoms with Crippen LogP contribution in [-0.4, -0.2) is 0 Å². The molecule has 0 fully saturated rings. The van der Waals surface area contributed by atoms with Crippen LogP contribution < -0.4 is 0 Å². The Bertz CT molecular complexity index is 121. The number of hydrogen-bond donors (Lipinski definition) is 0. The van der Waals surface area contributed by atoms with Crippen molar-refractivity contribution in [2.75, 3.05) is 0 Å². The lowest BCUT2D eigenvalue weighted by atomic mass is 9.98. The SMILES string of the molecule is CC(C)CCC[C@H](C)CC#N. The minimum atomic E-state index is 0.596. The van der Waals surface area contributed by atoms with Crippen molar-refractivity contribution in [2.45, 2.75) is 46.5 Å². The molecule has 0 saturated carbocycles. The molecule has 0 aliphatic carbocycles. The van der Waals surface area contributed by atoms with Crippen molar-refractivity contribution >= 4 is 0 Å². The van der Waals surface area contributed by atoms with Gasteiger partial charge in [0.1, 0.15) is 0 Å². The molecule has 0 spiro atoms. The number of hydrogen-bond acceptors (Lipinski definition) is 1. The Morgan fingerprint density at radius 1 is 1.18 bits per heavy atom. The first-order chi connectivity index (χ1) is 5.16. The van der Waals surface area contributed by atoms with Gasteiger partial charge in [-0.2, -0.15) is 5.26 Å². The average Bonchev–Trinajstić information content (AvgIpc) is 1.87. The molecule has 0 amide bonds. The normalized spacial score (nSPS) is 13.0. The minimum absolute atomic E-state index is 0.596. The Balaban J connectivity index is 3.18. The smallest absolute Gasteiger partial charge is 0.0624 e. The quantitative estimate of drug-likeness (QED) is 0.594. The van der Waals surface area contributed by atoms with E-state index in [1.54, 1.807) is 0 Å². The average molecular weight is 153 g/mol. The Hall–Kier alpha value is -0.510. The Labute approximate surface area is 70.4 Å². The fraction of sp³-hybridized carbons (Fsp3) is 0.900. The lowest BCUT2D eigenvalue weighted by Crippen LogP contribution is -1.94. The standard InChI is InChI=1S/C10H19N/c1-9(2)5-4-6-10(3)7-8-11/h9-10H,4-7H2,1-3H3/t10-/m0/s1. The molecule has 0 aromatic carbocycles. The molecule has 0 rings (SSSR count). The van der Waals surface area contributed by atoms with Gasteiger partial charge in [-0.15, -0.1) is 0 Å². The molecule has 0 aliphatic heterocycles. The largest absolute Gasteiger partial charge is 0.198 e. The van der Waals surface area contributed by atoms with Crippen LogP contribution in [0.4, 0.5) is 0 Å². The summed E-state index contributed by atoms with van der Waals surface area (Å²) in [5.74, 6) is 1.41. The second-order valence-corrected chi connectivity index (χ2v) is 3.79. The molecular formula is C10H19N. The van der Waals surface area contributed by atoms with Gasteiger partial charge < -0.3 is 0 Å². The summed E-state index contributed by atoms with van der Waals surface area (Å²) in [5, 5.41) is 8.40. The fourth-order valence-corrected chi connectivity index (χ4v) is 1.13. The van der Waals surface area contributed by atoms with Crippen molar-refractivity contribution in [3.63, 3.8) is 0 Å². The lowest BCUT2D eigenvalue weighted by Gasteiger charge is -2.07. The highest BCUT2D eigenvalue weighted by molar-refractivity contribution is 4.72. The second-order valence-electron chi connectivity index (χ2n) is 3.79. The zero-order valence-electron chi connectivity index (χ0n) is 7.93. The van der Waals surface area contributed by atoms with Crippen LogP contribution in [0.2, 0.25) is 0 Å². The molecule has 0 radical (unpaired) electrons. The maximum atomic E-state index is 8.40. The van der Waals surface area contributed by atoms with Gasteiger partial charge in [0, 0.05) is 6.42 Å². The molecule has 0 saturated heterocycles. The molecule has 0 bridgehead atoms. The molecule has 0 N–H and O–H groups in total. The van der Waals surface area contributed by atoms with E-state index in [1.807, 2.05) is 0 Å². The predicted molar refractivity (Wildman–Crippen MR) is 48.1 cm³/mol. The Morgan fingerprint density at radius 3 is 2.27 bits per heavy atom. The topological polar surface area (TPSA) is 23.8 Å². The van der Waals surface area contributed by atoms with Gasteiger partial charge in [-0.25, -0.2) is 0 Å². The van der Waals surface area contributed by atoms with E-state index in [9.17, 15) is 0 Å². The van der Waals surface area contributed by atoms with Crippen LogP contribution in [0.3, 0.4) is 0 Å². The molecule has 1 nitrogen and oxygen atoms in total. The molecular weight excluding hydrogens is 134 g/mol. The van der Waals surface area contributed by atoms with E-state index in [2.05, 4.69) is 26.8 Å². The van der Waals surface area contributed by atoms with Gasteiger partial charge in [0.15, 0.2) is 0 Å². The van der Waals surface area contributed by atoms with Crippen LogP contribution in [0, 0.1) is 23.2 Å². The summed E-state index contributed by atoms with van der Waals surface area (Å²) in [4.78, 5) is 0. The molecule has 0 heterocycles. The van der Waals surface area contributed by atoms with Crippen molar-refractivity contribution in [1.82, 2.24) is 0 Å². The third-order valence-electron chi connectivity index (χ3n) is 1.92. The second kappa shape index (κ2) is 6.22. The van der Waals surface area contributed by atoms with Crippen molar-refractivity contribution < 1.29 is 0 Å². The zero-order valence-corrected chi connectivity index (χ0v) is 7.93. The van der Waals surface area contributed by atoms with Gasteiger partial charge in [-0.1, -0.05) is 33.6 Å². The van der Waals surface area contributed by atoms with E-state index in [0.717, 1.165) is 12.3 Å². The summed E-state index contributed by atoms with van der Waals surface area (Å²) in [7, 11) is 0. The van der Waals surface area contributed by atoms with Crippen molar-refractivity contribution in [1.29, 1.82) is 5.26 Å². The van der Waals surface area contributed by atoms with Crippen LogP contribution >= 0.6 is 0 Å². The maximum Gasteiger partial charge on any atom is 0.0624 e. The highest BCUT2D eigenvalue weighted by Crippen LogP contribution is 2.14. The van der Waals surface area contributed by atoms with Gasteiger partial charge in [-0.05, 0) is 18.3 Å². The molecule has 64 valence electrons. The Morgan fingerprint density at radius 2 is 1.82 bits per heavy atom. The lowest BCUT2D eigenvalue weighted by molar-refractivity contribution is 0.463. The summed E-state index contributed by atoms with van der Waals surface area (Å²) in [6.07, 6.45) is 4.51. The zero-order chi connectivity index (χ0) is 8.69. The molecule has 11 heavy (non-hydrogen) atoms. The van der Waals surface area contributed by atoms with Crippen LogP contribution in [0.25, 0.3) is 0 Å². The first-order valence-corrected chi connectivity index (χ1v) is 4.53.